The topological polar surface area (TPSA) is 161 Å². The molecule has 0 aromatic rings. The van der Waals surface area contributed by atoms with Crippen molar-refractivity contribution in [1.29, 1.82) is 0 Å². The molecule has 1 spiro atoms. The van der Waals surface area contributed by atoms with Gasteiger partial charge in [-0.25, -0.2) is 4.89 Å². The van der Waals surface area contributed by atoms with E-state index in [1.54, 1.807) is 0 Å². The summed E-state index contributed by atoms with van der Waals surface area (Å²) in [6.07, 6.45) is 1.88. The lowest BCUT2D eigenvalue weighted by Crippen LogP contribution is -2.61. The number of aliphatic carboxylic acids is 1. The Hall–Kier alpha value is -0.0800. The Labute approximate surface area is 300 Å². The van der Waals surface area contributed by atoms with Crippen molar-refractivity contribution in [1.82, 2.24) is 0 Å². The molecule has 13 atom stereocenters. The van der Waals surface area contributed by atoms with Gasteiger partial charge in [-0.05, 0) is 86.0 Å². The minimum absolute atomic E-state index is 0.0238. The monoisotopic (exact) mass is 895 g/mol. The minimum Gasteiger partial charge on any atom is -0.692 e. The zero-order chi connectivity index (χ0) is 34.6. The van der Waals surface area contributed by atoms with E-state index >= 15 is 0 Å². The summed E-state index contributed by atoms with van der Waals surface area (Å²) in [5.74, 6) is -1.76. The third kappa shape index (κ3) is 7.79. The predicted molar refractivity (Wildman–Crippen MR) is 184 cm³/mol. The van der Waals surface area contributed by atoms with Gasteiger partial charge in [-0.1, -0.05) is 41.2 Å². The molecular formula is C32H49I2O11S-. The Morgan fingerprint density at radius 2 is 1.85 bits per heavy atom. The number of halogens is 2. The molecule has 12 unspecified atom stereocenters. The minimum atomic E-state index is -0.961. The van der Waals surface area contributed by atoms with E-state index in [0.717, 1.165) is 37.7 Å². The Balaban J connectivity index is 0.00000139. The number of ether oxygens (including phenoxy) is 3. The molecule has 4 aliphatic carbocycles. The van der Waals surface area contributed by atoms with Crippen LogP contribution in [0.1, 0.15) is 92.4 Å². The first-order chi connectivity index (χ1) is 21.9. The fraction of sp³-hybridized carbons (Fsp3) is 0.875. The van der Waals surface area contributed by atoms with Crippen LogP contribution in [-0.4, -0.2) is 63.2 Å². The van der Waals surface area contributed by atoms with Gasteiger partial charge in [0.15, 0.2) is 24.9 Å². The van der Waals surface area contributed by atoms with Crippen molar-refractivity contribution in [3.8, 4) is 0 Å². The van der Waals surface area contributed by atoms with Crippen molar-refractivity contribution in [2.45, 2.75) is 129 Å². The second-order valence-corrected chi connectivity index (χ2v) is 14.5. The van der Waals surface area contributed by atoms with E-state index in [2.05, 4.69) is 68.3 Å². The van der Waals surface area contributed by atoms with Gasteiger partial charge in [0.05, 0.1) is 24.2 Å². The average molecular weight is 896 g/mol. The quantitative estimate of drug-likeness (QED) is 0.0762. The third-order valence-corrected chi connectivity index (χ3v) is 11.8. The number of esters is 1. The number of carboxylic acids is 1. The zero-order valence-electron chi connectivity index (χ0n) is 27.2. The van der Waals surface area contributed by atoms with Gasteiger partial charge in [0.2, 0.25) is 0 Å². The Bertz CT molecular complexity index is 1070. The number of carbonyl (C=O) groups is 2. The SMILES string of the molecule is C=C1C2CCC3C4(C)CC(OC5OC(CC)C(OO[O-])[C@H](C)C5OC(=O)CC(C)C)CC(C(=O)O)C4CCC3(C2)C1O.II.O=S. The van der Waals surface area contributed by atoms with Crippen LogP contribution in [0.25, 0.3) is 0 Å². The smallest absolute Gasteiger partial charge is 0.306 e. The van der Waals surface area contributed by atoms with E-state index in [1.807, 2.05) is 27.7 Å². The lowest BCUT2D eigenvalue weighted by atomic mass is 9.43. The van der Waals surface area contributed by atoms with E-state index in [-0.39, 0.29) is 35.0 Å². The van der Waals surface area contributed by atoms with Gasteiger partial charge in [0, 0.05) is 55.0 Å². The molecule has 5 rings (SSSR count). The van der Waals surface area contributed by atoms with Crippen molar-refractivity contribution >= 4 is 61.7 Å². The molecule has 11 nitrogen and oxygen atoms in total. The van der Waals surface area contributed by atoms with E-state index in [9.17, 15) is 25.1 Å². The van der Waals surface area contributed by atoms with E-state index < -0.39 is 60.6 Å². The Morgan fingerprint density at radius 3 is 2.43 bits per heavy atom. The van der Waals surface area contributed by atoms with Gasteiger partial charge in [-0.2, -0.15) is 4.21 Å². The van der Waals surface area contributed by atoms with Gasteiger partial charge in [-0.15, -0.1) is 0 Å². The largest absolute Gasteiger partial charge is 0.692 e. The van der Waals surface area contributed by atoms with Crippen molar-refractivity contribution in [3.63, 3.8) is 0 Å². The molecule has 2 bridgehead atoms. The van der Waals surface area contributed by atoms with Crippen molar-refractivity contribution < 1.29 is 53.4 Å². The number of hydrogen-bond donors (Lipinski definition) is 2. The summed E-state index contributed by atoms with van der Waals surface area (Å²) in [5.41, 5.74) is 0.312. The maximum atomic E-state index is 12.8. The van der Waals surface area contributed by atoms with Gasteiger partial charge in [-0.3, -0.25) is 14.6 Å². The molecule has 5 fully saturated rings. The molecule has 264 valence electrons. The van der Waals surface area contributed by atoms with Gasteiger partial charge < -0.3 is 29.7 Å². The second kappa shape index (κ2) is 17.2. The van der Waals surface area contributed by atoms with Crippen LogP contribution in [0.4, 0.5) is 0 Å². The number of aliphatic hydroxyl groups is 1. The fourth-order valence-corrected chi connectivity index (χ4v) is 9.95. The van der Waals surface area contributed by atoms with E-state index in [1.165, 1.54) is 0 Å². The normalized spacial score (nSPS) is 42.8. The number of aliphatic hydroxyl groups excluding tert-OH is 1. The number of carboxylic acid groups (broad SMARTS) is 1. The summed E-state index contributed by atoms with van der Waals surface area (Å²) in [5, 5.41) is 36.6. The molecule has 5 aliphatic rings. The predicted octanol–water partition coefficient (Wildman–Crippen LogP) is 5.37. The van der Waals surface area contributed by atoms with Gasteiger partial charge in [0.25, 0.3) is 0 Å². The summed E-state index contributed by atoms with van der Waals surface area (Å²) < 4.78 is 26.7. The van der Waals surface area contributed by atoms with Crippen LogP contribution in [0.15, 0.2) is 12.2 Å². The standard InChI is InChI=1S/C32H50O10.I2.OS/c1-7-23-26(41-42-37)18(5)27(40-25(33)12-16(2)3)30(39-23)38-20-13-21(29(35)36)22-10-11-32-14-19(17(4)28(32)34)8-9-24(32)31(22,6)15-20;2*1-2/h16,18-24,26-28,30,34,37H,4,7-15H2,1-3,5-6H3,(H,35,36);;/p-1/t18-,19?,20?,21?,22?,23?,24?,26?,27?,28?,30?,31?,32?;;/m0../s1. The average Bonchev–Trinajstić information content (AvgIpc) is 3.20. The summed E-state index contributed by atoms with van der Waals surface area (Å²) in [6, 6.07) is 0. The van der Waals surface area contributed by atoms with Crippen molar-refractivity contribution in [2.75, 3.05) is 0 Å². The maximum absolute atomic E-state index is 12.8. The molecule has 1 saturated heterocycles. The molecule has 0 amide bonds. The van der Waals surface area contributed by atoms with Crippen molar-refractivity contribution in [2.24, 2.45) is 46.3 Å². The highest BCUT2D eigenvalue weighted by Gasteiger charge is 2.67. The molecule has 0 aromatic heterocycles. The zero-order valence-corrected chi connectivity index (χ0v) is 32.4. The summed E-state index contributed by atoms with van der Waals surface area (Å²) in [7, 11) is 0. The fourth-order valence-electron chi connectivity index (χ4n) is 9.95. The van der Waals surface area contributed by atoms with Crippen LogP contribution >= 0.6 is 37.2 Å². The molecule has 46 heavy (non-hydrogen) atoms. The number of carbonyl (C=O) groups excluding carboxylic acids is 1. The van der Waals surface area contributed by atoms with Crippen LogP contribution in [0, 0.1) is 46.3 Å². The molecule has 2 N–H and O–H groups in total. The van der Waals surface area contributed by atoms with Crippen molar-refractivity contribution in [3.05, 3.63) is 12.2 Å². The summed E-state index contributed by atoms with van der Waals surface area (Å²) in [4.78, 5) is 30.6. The maximum Gasteiger partial charge on any atom is 0.306 e. The highest BCUT2D eigenvalue weighted by atomic mass is 128. The first-order valence-corrected chi connectivity index (χ1v) is 22.8. The third-order valence-electron chi connectivity index (χ3n) is 11.8. The second-order valence-electron chi connectivity index (χ2n) is 14.5. The number of rotatable bonds is 9. The molecule has 1 heterocycles. The first-order valence-electron chi connectivity index (χ1n) is 16.2. The van der Waals surface area contributed by atoms with Crippen LogP contribution in [0.2, 0.25) is 0 Å². The lowest BCUT2D eigenvalue weighted by molar-refractivity contribution is -0.807. The van der Waals surface area contributed by atoms with Crippen LogP contribution in [0.5, 0.6) is 0 Å². The molecule has 0 radical (unpaired) electrons. The number of fused-ring (bicyclic) bond motifs is 3. The molecule has 14 heteroatoms. The molecule has 1 aliphatic heterocycles. The van der Waals surface area contributed by atoms with E-state index in [4.69, 9.17) is 23.3 Å². The molecule has 0 aromatic carbocycles. The highest BCUT2D eigenvalue weighted by Crippen LogP contribution is 2.70. The number of hydrogen-bond acceptors (Lipinski definition) is 11. The summed E-state index contributed by atoms with van der Waals surface area (Å²) >= 11 is 7.07. The molecule has 4 saturated carbocycles. The molecular weight excluding hydrogens is 846 g/mol. The Kier molecular flexibility index (Phi) is 15.1. The van der Waals surface area contributed by atoms with Gasteiger partial charge >= 0.3 is 11.9 Å². The summed E-state index contributed by atoms with van der Waals surface area (Å²) in [6.45, 7) is 14.0. The lowest BCUT2D eigenvalue weighted by Gasteiger charge is -2.62. The van der Waals surface area contributed by atoms with Crippen LogP contribution in [0.3, 0.4) is 0 Å². The van der Waals surface area contributed by atoms with Crippen LogP contribution in [-0.2, 0) is 46.3 Å². The van der Waals surface area contributed by atoms with Gasteiger partial charge in [0.1, 0.15) is 6.10 Å². The van der Waals surface area contributed by atoms with E-state index in [0.29, 0.717) is 25.2 Å². The first kappa shape index (κ1) is 40.4. The van der Waals surface area contributed by atoms with Crippen LogP contribution < -0.4 is 5.26 Å². The Morgan fingerprint density at radius 1 is 1.17 bits per heavy atom. The highest BCUT2D eigenvalue weighted by molar-refractivity contribution is 15.0.